The summed E-state index contributed by atoms with van der Waals surface area (Å²) in [5.41, 5.74) is 4.42. The summed E-state index contributed by atoms with van der Waals surface area (Å²) >= 11 is 0. The maximum Gasteiger partial charge on any atom is 0.305 e. The first-order chi connectivity index (χ1) is 6.62. The van der Waals surface area contributed by atoms with Crippen LogP contribution in [-0.4, -0.2) is 35.6 Å². The number of hydrogen-bond acceptors (Lipinski definition) is 4. The first kappa shape index (κ1) is 14.3. The molecule has 0 aliphatic carbocycles. The number of carbonyl (C=O) groups is 1. The smallest absolute Gasteiger partial charge is 0.305 e. The van der Waals surface area contributed by atoms with Crippen LogP contribution in [0, 0.1) is 0 Å². The second-order valence-corrected chi connectivity index (χ2v) is 4.64. The van der Waals surface area contributed by atoms with E-state index in [0.717, 1.165) is 0 Å². The summed E-state index contributed by atoms with van der Waals surface area (Å²) in [5.74, 6) is -0.870. The Bertz CT molecular complexity index is 208. The quantitative estimate of drug-likeness (QED) is 0.623. The lowest BCUT2D eigenvalue weighted by Gasteiger charge is -2.29. The molecule has 0 rings (SSSR count). The molecule has 0 heterocycles. The minimum absolute atomic E-state index is 0.00452. The molecule has 0 radical (unpaired) electrons. The van der Waals surface area contributed by atoms with E-state index in [-0.39, 0.29) is 13.0 Å². The van der Waals surface area contributed by atoms with Crippen LogP contribution in [0.1, 0.15) is 34.1 Å². The van der Waals surface area contributed by atoms with Gasteiger partial charge in [0.05, 0.1) is 25.2 Å². The fraction of sp³-hybridized carbons (Fsp3) is 0.900. The van der Waals surface area contributed by atoms with Crippen molar-refractivity contribution in [3.8, 4) is 0 Å². The Kier molecular flexibility index (Phi) is 5.20. The number of rotatable bonds is 7. The van der Waals surface area contributed by atoms with E-state index in [1.807, 2.05) is 13.8 Å². The second kappa shape index (κ2) is 5.44. The van der Waals surface area contributed by atoms with Gasteiger partial charge in [-0.05, 0) is 27.7 Å². The highest BCUT2D eigenvalue weighted by molar-refractivity contribution is 5.66. The van der Waals surface area contributed by atoms with Crippen molar-refractivity contribution in [3.05, 3.63) is 0 Å². The topological polar surface area (TPSA) is 81.8 Å². The van der Waals surface area contributed by atoms with E-state index in [1.165, 1.54) is 0 Å². The fourth-order valence-electron chi connectivity index (χ4n) is 0.816. The Balaban J connectivity index is 3.81. The first-order valence-electron chi connectivity index (χ1n) is 4.91. The summed E-state index contributed by atoms with van der Waals surface area (Å²) in [5, 5.41) is 8.44. The Morgan fingerprint density at radius 1 is 1.27 bits per heavy atom. The summed E-state index contributed by atoms with van der Waals surface area (Å²) < 4.78 is 10.7. The minimum atomic E-state index is -0.870. The Hall–Kier alpha value is -0.650. The third-order valence-corrected chi connectivity index (χ3v) is 1.60. The summed E-state index contributed by atoms with van der Waals surface area (Å²) in [7, 11) is 0. The zero-order chi connectivity index (χ0) is 12.1. The van der Waals surface area contributed by atoms with Crippen molar-refractivity contribution in [2.75, 3.05) is 13.2 Å². The molecular formula is C10H21NO4. The van der Waals surface area contributed by atoms with Gasteiger partial charge in [0.15, 0.2) is 0 Å². The molecular weight excluding hydrogens is 198 g/mol. The molecule has 0 bridgehead atoms. The third kappa shape index (κ3) is 9.65. The SMILES string of the molecule is CC(C)(N)OCC(C)(C)OCCC(=O)O. The molecule has 15 heavy (non-hydrogen) atoms. The number of carboxylic acids is 1. The van der Waals surface area contributed by atoms with E-state index in [9.17, 15) is 4.79 Å². The first-order valence-corrected chi connectivity index (χ1v) is 4.91. The summed E-state index contributed by atoms with van der Waals surface area (Å²) in [6.07, 6.45) is -0.00452. The molecule has 0 aromatic carbocycles. The lowest BCUT2D eigenvalue weighted by molar-refractivity contribution is -0.143. The van der Waals surface area contributed by atoms with E-state index in [2.05, 4.69) is 0 Å². The summed E-state index contributed by atoms with van der Waals surface area (Å²) in [4.78, 5) is 10.3. The van der Waals surface area contributed by atoms with Gasteiger partial charge >= 0.3 is 5.97 Å². The third-order valence-electron chi connectivity index (χ3n) is 1.60. The summed E-state index contributed by atoms with van der Waals surface area (Å²) in [6.45, 7) is 7.68. The van der Waals surface area contributed by atoms with Gasteiger partial charge in [0, 0.05) is 0 Å². The largest absolute Gasteiger partial charge is 0.481 e. The highest BCUT2D eigenvalue weighted by Crippen LogP contribution is 2.13. The Morgan fingerprint density at radius 3 is 2.20 bits per heavy atom. The zero-order valence-corrected chi connectivity index (χ0v) is 9.87. The standard InChI is InChI=1S/C10H21NO4/c1-9(2,7-15-10(3,4)11)14-6-5-8(12)13/h5-7,11H2,1-4H3,(H,12,13). The molecule has 0 saturated heterocycles. The van der Waals surface area contributed by atoms with Gasteiger partial charge in [-0.25, -0.2) is 0 Å². The number of nitrogens with two attached hydrogens (primary N) is 1. The molecule has 0 amide bonds. The van der Waals surface area contributed by atoms with Crippen molar-refractivity contribution < 1.29 is 19.4 Å². The van der Waals surface area contributed by atoms with Gasteiger partial charge in [0.25, 0.3) is 0 Å². The highest BCUT2D eigenvalue weighted by atomic mass is 16.6. The van der Waals surface area contributed by atoms with Crippen molar-refractivity contribution in [1.29, 1.82) is 0 Å². The number of hydrogen-bond donors (Lipinski definition) is 2. The minimum Gasteiger partial charge on any atom is -0.481 e. The van der Waals surface area contributed by atoms with Gasteiger partial charge in [-0.2, -0.15) is 0 Å². The molecule has 5 heteroatoms. The van der Waals surface area contributed by atoms with Crippen LogP contribution in [0.2, 0.25) is 0 Å². The van der Waals surface area contributed by atoms with E-state index >= 15 is 0 Å². The van der Waals surface area contributed by atoms with Gasteiger partial charge < -0.3 is 20.3 Å². The fourth-order valence-corrected chi connectivity index (χ4v) is 0.816. The molecule has 0 aliphatic heterocycles. The molecule has 0 fully saturated rings. The van der Waals surface area contributed by atoms with Crippen molar-refractivity contribution in [1.82, 2.24) is 0 Å². The maximum absolute atomic E-state index is 10.3. The molecule has 0 aromatic rings. The average molecular weight is 219 g/mol. The van der Waals surface area contributed by atoms with Crippen molar-refractivity contribution in [2.24, 2.45) is 5.73 Å². The summed E-state index contributed by atoms with van der Waals surface area (Å²) in [6, 6.07) is 0. The van der Waals surface area contributed by atoms with Crippen LogP contribution in [0.5, 0.6) is 0 Å². The van der Waals surface area contributed by atoms with E-state index in [4.69, 9.17) is 20.3 Å². The molecule has 0 atom stereocenters. The average Bonchev–Trinajstić information content (AvgIpc) is 1.99. The van der Waals surface area contributed by atoms with Crippen LogP contribution < -0.4 is 5.73 Å². The van der Waals surface area contributed by atoms with E-state index in [1.54, 1.807) is 13.8 Å². The normalized spacial score (nSPS) is 12.9. The molecule has 0 spiro atoms. The molecule has 90 valence electrons. The molecule has 3 N–H and O–H groups in total. The van der Waals surface area contributed by atoms with E-state index in [0.29, 0.717) is 6.61 Å². The highest BCUT2D eigenvalue weighted by Gasteiger charge is 2.22. The number of aliphatic carboxylic acids is 1. The molecule has 0 aromatic heterocycles. The van der Waals surface area contributed by atoms with Crippen molar-refractivity contribution in [3.63, 3.8) is 0 Å². The van der Waals surface area contributed by atoms with Crippen LogP contribution in [-0.2, 0) is 14.3 Å². The van der Waals surface area contributed by atoms with Gasteiger partial charge in [0.2, 0.25) is 0 Å². The van der Waals surface area contributed by atoms with Gasteiger partial charge in [-0.3, -0.25) is 4.79 Å². The van der Waals surface area contributed by atoms with Crippen molar-refractivity contribution >= 4 is 5.97 Å². The Labute approximate surface area is 90.5 Å². The maximum atomic E-state index is 10.3. The molecule has 0 unspecified atom stereocenters. The van der Waals surface area contributed by atoms with Crippen LogP contribution in [0.25, 0.3) is 0 Å². The number of ether oxygens (including phenoxy) is 2. The van der Waals surface area contributed by atoms with Crippen LogP contribution in [0.4, 0.5) is 0 Å². The predicted molar refractivity (Wildman–Crippen MR) is 56.5 cm³/mol. The molecule has 0 aliphatic rings. The molecule has 0 saturated carbocycles. The van der Waals surface area contributed by atoms with Crippen LogP contribution in [0.15, 0.2) is 0 Å². The van der Waals surface area contributed by atoms with Gasteiger partial charge in [0.1, 0.15) is 5.72 Å². The number of carboxylic acid groups (broad SMARTS) is 1. The van der Waals surface area contributed by atoms with Gasteiger partial charge in [-0.1, -0.05) is 0 Å². The van der Waals surface area contributed by atoms with E-state index < -0.39 is 17.3 Å². The monoisotopic (exact) mass is 219 g/mol. The van der Waals surface area contributed by atoms with Crippen molar-refractivity contribution in [2.45, 2.75) is 45.4 Å². The zero-order valence-electron chi connectivity index (χ0n) is 9.87. The van der Waals surface area contributed by atoms with Crippen LogP contribution in [0.3, 0.4) is 0 Å². The van der Waals surface area contributed by atoms with Crippen LogP contribution >= 0.6 is 0 Å². The Morgan fingerprint density at radius 2 is 1.80 bits per heavy atom. The molecule has 5 nitrogen and oxygen atoms in total. The lowest BCUT2D eigenvalue weighted by Crippen LogP contribution is -2.42. The second-order valence-electron chi connectivity index (χ2n) is 4.64. The lowest BCUT2D eigenvalue weighted by atomic mass is 10.1. The predicted octanol–water partition coefficient (Wildman–Crippen LogP) is 0.968. The van der Waals surface area contributed by atoms with Gasteiger partial charge in [-0.15, -0.1) is 0 Å².